The monoisotopic (exact) mass is 827 g/mol. The highest BCUT2D eigenvalue weighted by Crippen LogP contribution is 2.35. The van der Waals surface area contributed by atoms with Crippen LogP contribution in [0.5, 0.6) is 0 Å². The summed E-state index contributed by atoms with van der Waals surface area (Å²) >= 11 is 6.87. The lowest BCUT2D eigenvalue weighted by Gasteiger charge is -2.33. The number of anilines is 4. The third kappa shape index (κ3) is 6.26. The zero-order valence-corrected chi connectivity index (χ0v) is 30.4. The average molecular weight is 829 g/mol. The van der Waals surface area contributed by atoms with E-state index in [0.29, 0.717) is 92.8 Å². The molecule has 0 aromatic carbocycles. The van der Waals surface area contributed by atoms with Gasteiger partial charge in [0.05, 0.1) is 52.1 Å². The summed E-state index contributed by atoms with van der Waals surface area (Å²) in [5, 5.41) is 16.8. The van der Waals surface area contributed by atoms with Crippen LogP contribution in [0.3, 0.4) is 0 Å². The maximum atomic E-state index is 13.1. The Morgan fingerprint density at radius 1 is 0.827 bits per heavy atom. The summed E-state index contributed by atoms with van der Waals surface area (Å²) in [5.41, 5.74) is 5.68. The van der Waals surface area contributed by atoms with Gasteiger partial charge in [-0.25, -0.2) is 34.7 Å². The van der Waals surface area contributed by atoms with Gasteiger partial charge in [-0.2, -0.15) is 0 Å². The molecule has 5 N–H and O–H groups in total. The number of aromatic amines is 2. The molecule has 6 aromatic heterocycles. The number of H-pyrrole nitrogens is 2. The van der Waals surface area contributed by atoms with Crippen molar-refractivity contribution in [2.75, 3.05) is 30.4 Å². The number of ether oxygens (including phenoxy) is 1. The van der Waals surface area contributed by atoms with Crippen molar-refractivity contribution >= 4 is 102 Å². The van der Waals surface area contributed by atoms with Gasteiger partial charge < -0.3 is 35.3 Å². The van der Waals surface area contributed by atoms with Crippen LogP contribution >= 0.6 is 31.9 Å². The third-order valence-electron chi connectivity index (χ3n) is 8.64. The number of morpholine rings is 1. The molecule has 1 atom stereocenters. The number of pyridine rings is 2. The van der Waals surface area contributed by atoms with Gasteiger partial charge in [-0.3, -0.25) is 14.8 Å². The molecule has 3 aliphatic heterocycles. The molecule has 9 heterocycles. The minimum Gasteiger partial charge on any atom is -0.477 e. The van der Waals surface area contributed by atoms with Crippen molar-refractivity contribution in [2.45, 2.75) is 26.1 Å². The molecule has 1 saturated heterocycles. The number of hydrogen-bond acceptors (Lipinski definition) is 13. The Balaban J connectivity index is 0.000000153. The Kier molecular flexibility index (Phi) is 8.89. The lowest BCUT2D eigenvalue weighted by Crippen LogP contribution is -2.47. The number of aliphatic imine (C=N–C) groups is 2. The molecule has 0 saturated carbocycles. The number of carboxylic acid groups (broad SMARTS) is 1. The number of aromatic nitrogens is 8. The number of rotatable bonds is 6. The summed E-state index contributed by atoms with van der Waals surface area (Å²) in [6.45, 7) is 4.90. The fourth-order valence-electron chi connectivity index (χ4n) is 6.00. The number of hydrogen-bond donors (Lipinski definition) is 5. The molecule has 1 fully saturated rings. The largest absolute Gasteiger partial charge is 0.477 e. The van der Waals surface area contributed by atoms with Crippen LogP contribution in [0.2, 0.25) is 0 Å². The van der Waals surface area contributed by atoms with Crippen LogP contribution in [0.15, 0.2) is 56.1 Å². The summed E-state index contributed by atoms with van der Waals surface area (Å²) in [6.07, 6.45) is 10.0. The van der Waals surface area contributed by atoms with Crippen LogP contribution < -0.4 is 10.6 Å². The van der Waals surface area contributed by atoms with Gasteiger partial charge in [0.2, 0.25) is 0 Å². The minimum atomic E-state index is -1.08. The Morgan fingerprint density at radius 3 is 1.90 bits per heavy atom. The van der Waals surface area contributed by atoms with Gasteiger partial charge in [0.15, 0.2) is 0 Å². The fourth-order valence-corrected chi connectivity index (χ4v) is 7.29. The van der Waals surface area contributed by atoms with Crippen LogP contribution in [0, 0.1) is 0 Å². The molecular formula is C33H27Br2N13O4. The van der Waals surface area contributed by atoms with E-state index in [1.807, 2.05) is 31.5 Å². The topological polar surface area (TPSA) is 225 Å². The molecule has 17 nitrogen and oxygen atoms in total. The van der Waals surface area contributed by atoms with E-state index in [9.17, 15) is 14.7 Å². The number of nitrogens with one attached hydrogen (secondary N) is 4. The SMILES string of the molecule is C[C@H]1COCCN1C(=O)c1[nH]c2ncnc(Nc3cc4c(cn3)CN=C4)c2c1Br.O=C(O)c1[nH]c2ncnc(Nc3cc4c(cn3)CN=C4)c2c1Br. The lowest BCUT2D eigenvalue weighted by atomic mass is 10.2. The first-order valence-corrected chi connectivity index (χ1v) is 17.5. The van der Waals surface area contributed by atoms with E-state index in [1.54, 1.807) is 17.3 Å². The highest BCUT2D eigenvalue weighted by Gasteiger charge is 2.29. The Labute approximate surface area is 310 Å². The summed E-state index contributed by atoms with van der Waals surface area (Å²) < 4.78 is 6.46. The molecule has 0 unspecified atom stereocenters. The predicted molar refractivity (Wildman–Crippen MR) is 199 cm³/mol. The maximum Gasteiger partial charge on any atom is 0.353 e. The van der Waals surface area contributed by atoms with E-state index >= 15 is 0 Å². The number of carbonyl (C=O) groups excluding carboxylic acids is 1. The second kappa shape index (κ2) is 13.8. The van der Waals surface area contributed by atoms with Crippen molar-refractivity contribution < 1.29 is 19.4 Å². The first-order chi connectivity index (χ1) is 25.2. The minimum absolute atomic E-state index is 0.00974. The number of aromatic carboxylic acids is 1. The number of halogens is 2. The lowest BCUT2D eigenvalue weighted by molar-refractivity contribution is 0.00327. The maximum absolute atomic E-state index is 13.1. The molecule has 52 heavy (non-hydrogen) atoms. The molecule has 19 heteroatoms. The van der Waals surface area contributed by atoms with Gasteiger partial charge in [0.1, 0.15) is 58.6 Å². The summed E-state index contributed by atoms with van der Waals surface area (Å²) in [5.74, 6) is 1.11. The van der Waals surface area contributed by atoms with Crippen molar-refractivity contribution in [3.63, 3.8) is 0 Å². The number of carbonyl (C=O) groups is 2. The summed E-state index contributed by atoms with van der Waals surface area (Å²) in [4.78, 5) is 66.2. The van der Waals surface area contributed by atoms with Crippen LogP contribution in [0.1, 0.15) is 50.2 Å². The highest BCUT2D eigenvalue weighted by molar-refractivity contribution is 9.11. The van der Waals surface area contributed by atoms with E-state index in [-0.39, 0.29) is 17.6 Å². The van der Waals surface area contributed by atoms with Crippen molar-refractivity contribution in [3.05, 3.63) is 79.8 Å². The Bertz CT molecular complexity index is 2460. The van der Waals surface area contributed by atoms with Crippen molar-refractivity contribution in [1.29, 1.82) is 0 Å². The molecule has 1 amide bonds. The molecule has 9 rings (SSSR count). The van der Waals surface area contributed by atoms with Crippen LogP contribution in [0.4, 0.5) is 23.3 Å². The molecule has 262 valence electrons. The standard InChI is InChI=1S/C19H18BrN7O2.C14H9BrN6O2/c1-10-8-29-3-2-27(10)19(28)16-15(20)14-17(23-9-24-18(14)26-16)25-13-4-11-5-21-6-12(11)7-22-13;15-10-9-12(18-5-19-13(9)21-11(10)14(22)23)20-8-1-6-2-16-3-7(6)4-17-8/h4-5,7,9-10H,2-3,6,8H2,1H3,(H2,22,23,24,25,26);1-2,4-5H,3H2,(H,22,23)(H2,17,18,19,20,21)/t10-;/m0./s1. The van der Waals surface area contributed by atoms with Gasteiger partial charge in [-0.15, -0.1) is 0 Å². The molecule has 6 aromatic rings. The Morgan fingerprint density at radius 2 is 1.37 bits per heavy atom. The summed E-state index contributed by atoms with van der Waals surface area (Å²) in [6, 6.07) is 3.82. The number of carboxylic acids is 1. The van der Waals surface area contributed by atoms with Gasteiger partial charge in [-0.1, -0.05) is 0 Å². The molecule has 0 aliphatic carbocycles. The third-order valence-corrected chi connectivity index (χ3v) is 10.2. The van der Waals surface area contributed by atoms with Crippen molar-refractivity contribution in [2.24, 2.45) is 9.98 Å². The number of nitrogens with zero attached hydrogens (tertiary/aromatic N) is 9. The summed E-state index contributed by atoms with van der Waals surface area (Å²) in [7, 11) is 0. The normalized spacial score (nSPS) is 15.8. The van der Waals surface area contributed by atoms with Gasteiger partial charge in [-0.05, 0) is 50.9 Å². The molecule has 0 radical (unpaired) electrons. The van der Waals surface area contributed by atoms with Crippen molar-refractivity contribution in [3.8, 4) is 0 Å². The zero-order valence-electron chi connectivity index (χ0n) is 27.2. The highest BCUT2D eigenvalue weighted by atomic mass is 79.9. The molecule has 3 aliphatic rings. The van der Waals surface area contributed by atoms with Gasteiger partial charge >= 0.3 is 5.97 Å². The fraction of sp³-hybridized carbons (Fsp3) is 0.212. The van der Waals surface area contributed by atoms with E-state index in [1.165, 1.54) is 12.7 Å². The second-order valence-corrected chi connectivity index (χ2v) is 13.6. The van der Waals surface area contributed by atoms with E-state index in [0.717, 1.165) is 22.3 Å². The predicted octanol–water partition coefficient (Wildman–Crippen LogP) is 5.14. The van der Waals surface area contributed by atoms with E-state index in [4.69, 9.17) is 4.74 Å². The number of fused-ring (bicyclic) bond motifs is 4. The first kappa shape index (κ1) is 33.5. The zero-order chi connectivity index (χ0) is 35.9. The first-order valence-electron chi connectivity index (χ1n) is 15.9. The smallest absolute Gasteiger partial charge is 0.353 e. The molecule has 0 spiro atoms. The Hall–Kier alpha value is -5.66. The van der Waals surface area contributed by atoms with E-state index in [2.05, 4.69) is 92.4 Å². The van der Waals surface area contributed by atoms with Crippen molar-refractivity contribution in [1.82, 2.24) is 44.8 Å². The number of amides is 1. The molecule has 0 bridgehead atoms. The van der Waals surface area contributed by atoms with E-state index < -0.39 is 5.97 Å². The quantitative estimate of drug-likeness (QED) is 0.147. The van der Waals surface area contributed by atoms with Gasteiger partial charge in [0.25, 0.3) is 5.91 Å². The average Bonchev–Trinajstić information content (AvgIpc) is 3.94. The second-order valence-electron chi connectivity index (χ2n) is 12.0. The van der Waals surface area contributed by atoms with Crippen LogP contribution in [-0.2, 0) is 17.8 Å². The van der Waals surface area contributed by atoms with Crippen LogP contribution in [0.25, 0.3) is 22.1 Å². The van der Waals surface area contributed by atoms with Crippen LogP contribution in [-0.4, -0.2) is 100.0 Å². The molecular weight excluding hydrogens is 802 g/mol. The van der Waals surface area contributed by atoms with Gasteiger partial charge in [0, 0.05) is 53.6 Å².